The van der Waals surface area contributed by atoms with Crippen LogP contribution in [0.5, 0.6) is 11.5 Å². The molecule has 0 amide bonds. The molecule has 0 atom stereocenters. The SMILES string of the molecule is COc1cccc2c(OC)c(C3(C(=O)O)CCCC3)ccc12. The van der Waals surface area contributed by atoms with Gasteiger partial charge in [-0.25, -0.2) is 0 Å². The lowest BCUT2D eigenvalue weighted by atomic mass is 9.77. The predicted molar refractivity (Wildman–Crippen MR) is 84.8 cm³/mol. The van der Waals surface area contributed by atoms with Gasteiger partial charge in [0.05, 0.1) is 19.6 Å². The van der Waals surface area contributed by atoms with Crippen LogP contribution in [-0.2, 0) is 10.2 Å². The van der Waals surface area contributed by atoms with E-state index in [4.69, 9.17) is 9.47 Å². The second kappa shape index (κ2) is 5.52. The van der Waals surface area contributed by atoms with Crippen LogP contribution in [0.25, 0.3) is 10.8 Å². The van der Waals surface area contributed by atoms with Gasteiger partial charge in [-0.3, -0.25) is 4.79 Å². The van der Waals surface area contributed by atoms with Crippen LogP contribution in [0.3, 0.4) is 0 Å². The fourth-order valence-corrected chi connectivity index (χ4v) is 3.65. The number of hydrogen-bond acceptors (Lipinski definition) is 3. The fourth-order valence-electron chi connectivity index (χ4n) is 3.65. The van der Waals surface area contributed by atoms with Crippen LogP contribution in [0, 0.1) is 0 Å². The quantitative estimate of drug-likeness (QED) is 0.934. The molecule has 0 bridgehead atoms. The molecule has 116 valence electrons. The van der Waals surface area contributed by atoms with Gasteiger partial charge in [-0.15, -0.1) is 0 Å². The smallest absolute Gasteiger partial charge is 0.314 e. The van der Waals surface area contributed by atoms with Crippen molar-refractivity contribution in [3.8, 4) is 11.5 Å². The molecule has 22 heavy (non-hydrogen) atoms. The summed E-state index contributed by atoms with van der Waals surface area (Å²) in [5.74, 6) is 0.657. The molecule has 4 nitrogen and oxygen atoms in total. The van der Waals surface area contributed by atoms with E-state index in [0.29, 0.717) is 18.6 Å². The molecule has 1 aliphatic carbocycles. The van der Waals surface area contributed by atoms with E-state index in [1.165, 1.54) is 0 Å². The van der Waals surface area contributed by atoms with Gasteiger partial charge in [0.25, 0.3) is 0 Å². The van der Waals surface area contributed by atoms with Gasteiger partial charge < -0.3 is 14.6 Å². The summed E-state index contributed by atoms with van der Waals surface area (Å²) in [4.78, 5) is 12.0. The zero-order valence-electron chi connectivity index (χ0n) is 12.9. The first-order valence-electron chi connectivity index (χ1n) is 7.51. The number of carbonyl (C=O) groups is 1. The number of fused-ring (bicyclic) bond motifs is 1. The van der Waals surface area contributed by atoms with Crippen LogP contribution >= 0.6 is 0 Å². The number of rotatable bonds is 4. The number of hydrogen-bond donors (Lipinski definition) is 1. The minimum Gasteiger partial charge on any atom is -0.496 e. The molecular weight excluding hydrogens is 280 g/mol. The van der Waals surface area contributed by atoms with E-state index in [1.807, 2.05) is 30.3 Å². The lowest BCUT2D eigenvalue weighted by Crippen LogP contribution is -2.33. The summed E-state index contributed by atoms with van der Waals surface area (Å²) in [5.41, 5.74) is -0.0523. The number of carboxylic acid groups (broad SMARTS) is 1. The molecule has 1 aliphatic rings. The Morgan fingerprint density at radius 1 is 1.05 bits per heavy atom. The zero-order chi connectivity index (χ0) is 15.7. The summed E-state index contributed by atoms with van der Waals surface area (Å²) in [6.07, 6.45) is 3.19. The highest BCUT2D eigenvalue weighted by atomic mass is 16.5. The minimum atomic E-state index is -0.831. The van der Waals surface area contributed by atoms with E-state index in [9.17, 15) is 9.90 Å². The molecular formula is C18H20O4. The van der Waals surface area contributed by atoms with Crippen molar-refractivity contribution in [2.45, 2.75) is 31.1 Å². The Labute approximate surface area is 129 Å². The van der Waals surface area contributed by atoms with Crippen molar-refractivity contribution in [1.82, 2.24) is 0 Å². The van der Waals surface area contributed by atoms with Gasteiger partial charge in [0, 0.05) is 16.3 Å². The first-order chi connectivity index (χ1) is 10.6. The first kappa shape index (κ1) is 14.7. The Morgan fingerprint density at radius 3 is 2.36 bits per heavy atom. The van der Waals surface area contributed by atoms with Crippen LogP contribution < -0.4 is 9.47 Å². The van der Waals surface area contributed by atoms with Gasteiger partial charge in [-0.1, -0.05) is 37.1 Å². The van der Waals surface area contributed by atoms with E-state index >= 15 is 0 Å². The van der Waals surface area contributed by atoms with Gasteiger partial charge in [0.2, 0.25) is 0 Å². The topological polar surface area (TPSA) is 55.8 Å². The lowest BCUT2D eigenvalue weighted by molar-refractivity contribution is -0.143. The maximum Gasteiger partial charge on any atom is 0.314 e. The number of aliphatic carboxylic acids is 1. The van der Waals surface area contributed by atoms with Gasteiger partial charge >= 0.3 is 5.97 Å². The summed E-state index contributed by atoms with van der Waals surface area (Å²) in [7, 11) is 3.23. The standard InChI is InChI=1S/C18H20O4/c1-21-15-7-5-6-13-12(15)8-9-14(16(13)22-2)18(17(19)20)10-3-4-11-18/h5-9H,3-4,10-11H2,1-2H3,(H,19,20). The molecule has 0 unspecified atom stereocenters. The maximum atomic E-state index is 12.0. The third-order valence-electron chi connectivity index (χ3n) is 4.78. The molecule has 0 aromatic heterocycles. The fraction of sp³-hybridized carbons (Fsp3) is 0.389. The van der Waals surface area contributed by atoms with Crippen molar-refractivity contribution in [3.05, 3.63) is 35.9 Å². The van der Waals surface area contributed by atoms with Crippen molar-refractivity contribution < 1.29 is 19.4 Å². The molecule has 1 N–H and O–H groups in total. The monoisotopic (exact) mass is 300 g/mol. The average molecular weight is 300 g/mol. The predicted octanol–water partition coefficient (Wildman–Crippen LogP) is 3.75. The molecule has 2 aromatic carbocycles. The van der Waals surface area contributed by atoms with Crippen molar-refractivity contribution in [2.75, 3.05) is 14.2 Å². The van der Waals surface area contributed by atoms with Crippen LogP contribution in [0.1, 0.15) is 31.2 Å². The summed E-state index contributed by atoms with van der Waals surface area (Å²) in [5, 5.41) is 11.7. The molecule has 0 aliphatic heterocycles. The van der Waals surface area contributed by atoms with E-state index < -0.39 is 11.4 Å². The van der Waals surface area contributed by atoms with E-state index in [0.717, 1.165) is 34.9 Å². The molecule has 1 saturated carbocycles. The summed E-state index contributed by atoms with van der Waals surface area (Å²) < 4.78 is 11.0. The van der Waals surface area contributed by atoms with E-state index in [1.54, 1.807) is 14.2 Å². The minimum absolute atomic E-state index is 0.653. The second-order valence-corrected chi connectivity index (χ2v) is 5.80. The van der Waals surface area contributed by atoms with Crippen LogP contribution in [-0.4, -0.2) is 25.3 Å². The second-order valence-electron chi connectivity index (χ2n) is 5.80. The van der Waals surface area contributed by atoms with Crippen molar-refractivity contribution >= 4 is 16.7 Å². The zero-order valence-corrected chi connectivity index (χ0v) is 12.9. The Morgan fingerprint density at radius 2 is 1.77 bits per heavy atom. The van der Waals surface area contributed by atoms with Gasteiger partial charge in [-0.05, 0) is 18.9 Å². The average Bonchev–Trinajstić information content (AvgIpc) is 3.03. The number of carboxylic acids is 1. The number of benzene rings is 2. The van der Waals surface area contributed by atoms with Crippen molar-refractivity contribution in [1.29, 1.82) is 0 Å². The van der Waals surface area contributed by atoms with Gasteiger partial charge in [-0.2, -0.15) is 0 Å². The third kappa shape index (κ3) is 2.02. The molecule has 2 aromatic rings. The number of ether oxygens (including phenoxy) is 2. The molecule has 0 radical (unpaired) electrons. The molecule has 0 heterocycles. The van der Waals surface area contributed by atoms with Gasteiger partial charge in [0.15, 0.2) is 0 Å². The highest BCUT2D eigenvalue weighted by Gasteiger charge is 2.45. The lowest BCUT2D eigenvalue weighted by Gasteiger charge is -2.27. The highest BCUT2D eigenvalue weighted by Crippen LogP contribution is 2.47. The normalized spacial score (nSPS) is 16.6. The molecule has 0 saturated heterocycles. The van der Waals surface area contributed by atoms with E-state index in [2.05, 4.69) is 0 Å². The molecule has 0 spiro atoms. The maximum absolute atomic E-state index is 12.0. The largest absolute Gasteiger partial charge is 0.496 e. The van der Waals surface area contributed by atoms with Crippen LogP contribution in [0.2, 0.25) is 0 Å². The van der Waals surface area contributed by atoms with Crippen LogP contribution in [0.15, 0.2) is 30.3 Å². The first-order valence-corrected chi connectivity index (χ1v) is 7.51. The Bertz CT molecular complexity index is 714. The summed E-state index contributed by atoms with van der Waals surface area (Å²) in [6.45, 7) is 0. The third-order valence-corrected chi connectivity index (χ3v) is 4.78. The summed E-state index contributed by atoms with van der Waals surface area (Å²) in [6, 6.07) is 9.57. The van der Waals surface area contributed by atoms with Gasteiger partial charge in [0.1, 0.15) is 11.5 Å². The molecule has 3 rings (SSSR count). The highest BCUT2D eigenvalue weighted by molar-refractivity contribution is 5.96. The Balaban J connectivity index is 2.29. The summed E-state index contributed by atoms with van der Waals surface area (Å²) >= 11 is 0. The Kier molecular flexibility index (Phi) is 3.69. The van der Waals surface area contributed by atoms with Crippen LogP contribution in [0.4, 0.5) is 0 Å². The number of methoxy groups -OCH3 is 2. The Hall–Kier alpha value is -2.23. The van der Waals surface area contributed by atoms with Crippen molar-refractivity contribution in [3.63, 3.8) is 0 Å². The molecule has 1 fully saturated rings. The van der Waals surface area contributed by atoms with Crippen molar-refractivity contribution in [2.24, 2.45) is 0 Å². The van der Waals surface area contributed by atoms with E-state index in [-0.39, 0.29) is 0 Å². The molecule has 4 heteroatoms.